The summed E-state index contributed by atoms with van der Waals surface area (Å²) in [6, 6.07) is 1.79. The number of hydrogen-bond donors (Lipinski definition) is 0. The maximum absolute atomic E-state index is 13.7. The lowest BCUT2D eigenvalue weighted by Gasteiger charge is -2.20. The Morgan fingerprint density at radius 2 is 1.63 bits per heavy atom. The Bertz CT molecular complexity index is 969. The number of hydroxylamine groups is 2. The summed E-state index contributed by atoms with van der Waals surface area (Å²) in [7, 11) is -3.53. The summed E-state index contributed by atoms with van der Waals surface area (Å²) >= 11 is 3.04. The Kier molecular flexibility index (Phi) is 5.22. The van der Waals surface area contributed by atoms with Crippen LogP contribution in [0.2, 0.25) is 0 Å². The van der Waals surface area contributed by atoms with Crippen LogP contribution < -0.4 is 4.18 Å². The van der Waals surface area contributed by atoms with Crippen molar-refractivity contribution in [2.24, 2.45) is 0 Å². The lowest BCUT2D eigenvalue weighted by molar-refractivity contribution is -0.113. The van der Waals surface area contributed by atoms with Crippen LogP contribution in [0.25, 0.3) is 0 Å². The molecule has 0 N–H and O–H groups in total. The highest BCUT2D eigenvalue weighted by atomic mass is 79.9. The lowest BCUT2D eigenvalue weighted by atomic mass is 10.2. The molecule has 1 fully saturated rings. The summed E-state index contributed by atoms with van der Waals surface area (Å²) < 4.78 is 102. The second kappa shape index (κ2) is 7.04. The second-order valence-corrected chi connectivity index (χ2v) is 7.98. The van der Waals surface area contributed by atoms with Crippen LogP contribution in [-0.4, -0.2) is 32.4 Å². The number of hydrogen-bond acceptors (Lipinski definition) is 6. The maximum atomic E-state index is 13.7. The highest BCUT2D eigenvalue weighted by Gasteiger charge is 2.47. The van der Waals surface area contributed by atoms with Crippen LogP contribution in [0.5, 0.6) is 5.75 Å². The Morgan fingerprint density at radius 1 is 1.07 bits per heavy atom. The molecule has 0 unspecified atom stereocenters. The van der Waals surface area contributed by atoms with E-state index < -0.39 is 62.9 Å². The average Bonchev–Trinajstić information content (AvgIpc) is 3.21. The molecule has 6 nitrogen and oxygen atoms in total. The fourth-order valence-corrected chi connectivity index (χ4v) is 4.19. The van der Waals surface area contributed by atoms with Crippen molar-refractivity contribution >= 4 is 26.0 Å². The SMILES string of the molecule is CN1OC[C@@H](S(=O)(=O)Oc2c(F)c(F)c(F)c(F)c2F)[C@@H]1c1ccc(Br)o1. The molecule has 1 saturated heterocycles. The molecule has 27 heavy (non-hydrogen) atoms. The molecule has 13 heteroatoms. The van der Waals surface area contributed by atoms with Gasteiger partial charge in [0.2, 0.25) is 34.8 Å². The van der Waals surface area contributed by atoms with Gasteiger partial charge in [-0.05, 0) is 28.1 Å². The Balaban J connectivity index is 2.00. The van der Waals surface area contributed by atoms with Gasteiger partial charge >= 0.3 is 10.1 Å². The van der Waals surface area contributed by atoms with E-state index >= 15 is 0 Å². The topological polar surface area (TPSA) is 69.0 Å². The Morgan fingerprint density at radius 3 is 2.15 bits per heavy atom. The molecular weight excluding hydrogens is 469 g/mol. The number of nitrogens with zero attached hydrogens (tertiary/aromatic N) is 1. The first-order chi connectivity index (χ1) is 12.5. The normalized spacial score (nSPS) is 21.0. The van der Waals surface area contributed by atoms with Gasteiger partial charge in [0, 0.05) is 7.05 Å². The predicted octanol–water partition coefficient (Wildman–Crippen LogP) is 3.43. The zero-order valence-electron chi connectivity index (χ0n) is 13.2. The van der Waals surface area contributed by atoms with Gasteiger partial charge in [0.15, 0.2) is 4.67 Å². The van der Waals surface area contributed by atoms with Crippen LogP contribution in [0.1, 0.15) is 11.8 Å². The molecule has 1 aromatic carbocycles. The zero-order chi connectivity index (χ0) is 20.1. The van der Waals surface area contributed by atoms with Crippen molar-refractivity contribution in [1.29, 1.82) is 0 Å². The van der Waals surface area contributed by atoms with Gasteiger partial charge in [-0.3, -0.25) is 4.84 Å². The molecule has 2 heterocycles. The third-order valence-corrected chi connectivity index (χ3v) is 5.77. The number of halogens is 6. The fourth-order valence-electron chi connectivity index (χ4n) is 2.52. The molecule has 1 aromatic heterocycles. The maximum Gasteiger partial charge on any atom is 0.316 e. The van der Waals surface area contributed by atoms with E-state index in [1.54, 1.807) is 0 Å². The van der Waals surface area contributed by atoms with Crippen molar-refractivity contribution < 1.29 is 43.8 Å². The van der Waals surface area contributed by atoms with Crippen molar-refractivity contribution in [3.63, 3.8) is 0 Å². The summed E-state index contributed by atoms with van der Waals surface area (Å²) in [6.07, 6.45) is 0. The summed E-state index contributed by atoms with van der Waals surface area (Å²) in [6.45, 7) is -0.503. The van der Waals surface area contributed by atoms with E-state index in [0.717, 1.165) is 5.06 Å². The molecule has 0 bridgehead atoms. The molecule has 3 rings (SSSR count). The molecule has 1 aliphatic rings. The molecule has 0 saturated carbocycles. The van der Waals surface area contributed by atoms with Gasteiger partial charge in [-0.15, -0.1) is 0 Å². The van der Waals surface area contributed by atoms with Crippen LogP contribution in [0.4, 0.5) is 22.0 Å². The lowest BCUT2D eigenvalue weighted by Crippen LogP contribution is -2.34. The van der Waals surface area contributed by atoms with Gasteiger partial charge in [-0.25, -0.2) is 13.2 Å². The Hall–Kier alpha value is -1.70. The van der Waals surface area contributed by atoms with Crippen molar-refractivity contribution in [2.45, 2.75) is 11.3 Å². The van der Waals surface area contributed by atoms with Crippen molar-refractivity contribution in [2.75, 3.05) is 13.7 Å². The van der Waals surface area contributed by atoms with Crippen LogP contribution in [-0.2, 0) is 15.0 Å². The van der Waals surface area contributed by atoms with Gasteiger partial charge < -0.3 is 8.60 Å². The summed E-state index contributed by atoms with van der Waals surface area (Å²) in [5.41, 5.74) is 0. The smallest absolute Gasteiger partial charge is 0.316 e. The second-order valence-electron chi connectivity index (χ2n) is 5.44. The van der Waals surface area contributed by atoms with Crippen LogP contribution in [0.3, 0.4) is 0 Å². The van der Waals surface area contributed by atoms with Gasteiger partial charge in [-0.2, -0.15) is 22.3 Å². The molecule has 0 spiro atoms. The molecule has 1 aliphatic heterocycles. The van der Waals surface area contributed by atoms with E-state index in [1.807, 2.05) is 0 Å². The molecule has 0 radical (unpaired) electrons. The zero-order valence-corrected chi connectivity index (χ0v) is 15.6. The number of rotatable bonds is 4. The highest BCUT2D eigenvalue weighted by molar-refractivity contribution is 9.10. The van der Waals surface area contributed by atoms with E-state index in [2.05, 4.69) is 20.1 Å². The quantitative estimate of drug-likeness (QED) is 0.291. The minimum Gasteiger partial charge on any atom is -0.453 e. The van der Waals surface area contributed by atoms with Gasteiger partial charge in [0.05, 0.1) is 6.61 Å². The largest absolute Gasteiger partial charge is 0.453 e. The minimum absolute atomic E-state index is 0.108. The summed E-state index contributed by atoms with van der Waals surface area (Å²) in [5.74, 6) is -13.7. The van der Waals surface area contributed by atoms with Crippen molar-refractivity contribution in [1.82, 2.24) is 5.06 Å². The molecule has 0 aliphatic carbocycles. The monoisotopic (exact) mass is 477 g/mol. The molecule has 148 valence electrons. The van der Waals surface area contributed by atoms with E-state index in [0.29, 0.717) is 0 Å². The van der Waals surface area contributed by atoms with Gasteiger partial charge in [0.25, 0.3) is 0 Å². The van der Waals surface area contributed by atoms with Crippen molar-refractivity contribution in [3.8, 4) is 5.75 Å². The van der Waals surface area contributed by atoms with Gasteiger partial charge in [-0.1, -0.05) is 0 Å². The first kappa shape index (κ1) is 20.0. The van der Waals surface area contributed by atoms with E-state index in [4.69, 9.17) is 9.25 Å². The first-order valence-corrected chi connectivity index (χ1v) is 9.36. The van der Waals surface area contributed by atoms with Crippen LogP contribution in [0, 0.1) is 29.1 Å². The standard InChI is InChI=1S/C14H9BrF5NO5S/c1-21-13(5-2-3-7(15)25-5)6(4-24-21)27(22,23)26-14-11(19)9(17)8(16)10(18)12(14)20/h2-3,6,13H,4H2,1H3/t6-,13+/m1/s1. The molecule has 2 aromatic rings. The predicted molar refractivity (Wildman–Crippen MR) is 82.4 cm³/mol. The highest BCUT2D eigenvalue weighted by Crippen LogP contribution is 2.38. The Labute approximate surface area is 157 Å². The molecular formula is C14H9BrF5NO5S. The van der Waals surface area contributed by atoms with Crippen molar-refractivity contribution in [3.05, 3.63) is 51.6 Å². The molecule has 0 amide bonds. The van der Waals surface area contributed by atoms with E-state index in [1.165, 1.54) is 19.2 Å². The fraction of sp³-hybridized carbons (Fsp3) is 0.286. The third-order valence-electron chi connectivity index (χ3n) is 3.81. The molecule has 2 atom stereocenters. The first-order valence-electron chi connectivity index (χ1n) is 7.10. The third kappa shape index (κ3) is 3.44. The van der Waals surface area contributed by atoms with Gasteiger partial charge in [0.1, 0.15) is 17.1 Å². The minimum atomic E-state index is -4.90. The van der Waals surface area contributed by atoms with E-state index in [-0.39, 0.29) is 10.4 Å². The number of furan rings is 1. The van der Waals surface area contributed by atoms with Crippen LogP contribution in [0.15, 0.2) is 21.2 Å². The summed E-state index contributed by atoms with van der Waals surface area (Å²) in [5, 5.41) is -0.467. The average molecular weight is 478 g/mol. The van der Waals surface area contributed by atoms with E-state index in [9.17, 15) is 30.4 Å². The number of benzene rings is 1. The van der Waals surface area contributed by atoms with Crippen LogP contribution >= 0.6 is 15.9 Å². The summed E-state index contributed by atoms with van der Waals surface area (Å²) in [4.78, 5) is 5.10.